The van der Waals surface area contributed by atoms with E-state index in [2.05, 4.69) is 58.9 Å². The van der Waals surface area contributed by atoms with Crippen LogP contribution in [0, 0.1) is 0 Å². The van der Waals surface area contributed by atoms with Crippen molar-refractivity contribution in [2.45, 2.75) is 51.1 Å². The lowest BCUT2D eigenvalue weighted by Gasteiger charge is -2.25. The summed E-state index contributed by atoms with van der Waals surface area (Å²) in [5.41, 5.74) is 5.25. The Hall–Kier alpha value is -1.93. The molecule has 2 atom stereocenters. The van der Waals surface area contributed by atoms with Crippen molar-refractivity contribution in [3.8, 4) is 0 Å². The third-order valence-corrected chi connectivity index (χ3v) is 7.72. The van der Waals surface area contributed by atoms with E-state index in [9.17, 15) is 4.79 Å². The number of rotatable bonds is 6. The van der Waals surface area contributed by atoms with E-state index in [1.807, 2.05) is 12.1 Å². The second-order valence-corrected chi connectivity index (χ2v) is 9.31. The fourth-order valence-electron chi connectivity index (χ4n) is 5.28. The molecule has 0 amide bonds. The first-order chi connectivity index (χ1) is 14.7. The van der Waals surface area contributed by atoms with Crippen molar-refractivity contribution in [1.29, 1.82) is 0 Å². The van der Waals surface area contributed by atoms with Crippen LogP contribution in [0.25, 0.3) is 22.4 Å². The van der Waals surface area contributed by atoms with Crippen LogP contribution in [0.2, 0.25) is 0 Å². The van der Waals surface area contributed by atoms with E-state index in [1.54, 1.807) is 11.3 Å². The number of aromatic nitrogens is 1. The van der Waals surface area contributed by atoms with Gasteiger partial charge in [0.2, 0.25) is 5.52 Å². The number of fused-ring (bicyclic) bond motifs is 4. The van der Waals surface area contributed by atoms with Gasteiger partial charge in [0.25, 0.3) is 5.01 Å². The Balaban J connectivity index is 0.00000231. The minimum atomic E-state index is -0.766. The van der Waals surface area contributed by atoms with Gasteiger partial charge in [0.05, 0.1) is 0 Å². The summed E-state index contributed by atoms with van der Waals surface area (Å²) in [5.74, 6) is -0.0870. The van der Waals surface area contributed by atoms with Gasteiger partial charge in [0.1, 0.15) is 11.1 Å². The number of carboxylic acids is 1. The number of hydrogen-bond donors (Lipinski definition) is 1. The lowest BCUT2D eigenvalue weighted by atomic mass is 9.96. The molecule has 1 aromatic heterocycles. The highest BCUT2D eigenvalue weighted by molar-refractivity contribution is 7.18. The molecular formula is C25H27IN2O2S. The number of carbonyl (C=O) groups is 1. The summed E-state index contributed by atoms with van der Waals surface area (Å²) < 4.78 is 3.31. The maximum absolute atomic E-state index is 11.1. The number of para-hydroxylation sites is 1. The number of likely N-dealkylation sites (N-methyl/N-ethyl adjacent to an activating group) is 1. The highest BCUT2D eigenvalue weighted by atomic mass is 127. The topological polar surface area (TPSA) is 44.4 Å². The molecule has 2 heterocycles. The molecule has 0 spiro atoms. The lowest BCUT2D eigenvalue weighted by molar-refractivity contribution is -0.667. The summed E-state index contributed by atoms with van der Waals surface area (Å²) in [6.07, 6.45) is 8.39. The van der Waals surface area contributed by atoms with Crippen LogP contribution in [0.5, 0.6) is 0 Å². The predicted molar refractivity (Wildman–Crippen MR) is 123 cm³/mol. The van der Waals surface area contributed by atoms with Crippen molar-refractivity contribution < 1.29 is 38.4 Å². The normalized spacial score (nSPS) is 19.6. The molecule has 2 aliphatic rings. The average molecular weight is 546 g/mol. The van der Waals surface area contributed by atoms with Crippen LogP contribution in [0.15, 0.2) is 42.5 Å². The van der Waals surface area contributed by atoms with Gasteiger partial charge in [-0.2, -0.15) is 4.57 Å². The molecule has 0 bridgehead atoms. The first kappa shape index (κ1) is 22.3. The molecular weight excluding hydrogens is 519 g/mol. The molecule has 1 aliphatic carbocycles. The van der Waals surface area contributed by atoms with Crippen LogP contribution < -0.4 is 33.4 Å². The molecule has 1 aliphatic heterocycles. The zero-order chi connectivity index (χ0) is 20.7. The summed E-state index contributed by atoms with van der Waals surface area (Å²) in [5, 5.41) is 10.2. The average Bonchev–Trinajstić information content (AvgIpc) is 3.43. The molecule has 3 aromatic rings. The van der Waals surface area contributed by atoms with Gasteiger partial charge in [-0.1, -0.05) is 36.0 Å². The van der Waals surface area contributed by atoms with Gasteiger partial charge < -0.3 is 34.0 Å². The molecule has 31 heavy (non-hydrogen) atoms. The van der Waals surface area contributed by atoms with Crippen molar-refractivity contribution >= 4 is 45.4 Å². The molecule has 1 saturated carbocycles. The third kappa shape index (κ3) is 4.12. The largest absolute Gasteiger partial charge is 1.00 e. The fraction of sp³-hybridized carbons (Fsp3) is 0.360. The van der Waals surface area contributed by atoms with E-state index in [0.29, 0.717) is 18.5 Å². The van der Waals surface area contributed by atoms with Crippen molar-refractivity contribution in [3.63, 3.8) is 0 Å². The molecule has 162 valence electrons. The highest BCUT2D eigenvalue weighted by Crippen LogP contribution is 2.49. The summed E-state index contributed by atoms with van der Waals surface area (Å²) in [4.78, 5) is 13.7. The maximum Gasteiger partial charge on any atom is 0.309 e. The molecule has 1 fully saturated rings. The minimum absolute atomic E-state index is 0. The van der Waals surface area contributed by atoms with Crippen molar-refractivity contribution in [2.75, 3.05) is 11.4 Å². The summed E-state index contributed by atoms with van der Waals surface area (Å²) >= 11 is 1.71. The number of aryl methyl sites for hydroxylation is 1. The van der Waals surface area contributed by atoms with Gasteiger partial charge in [-0.3, -0.25) is 4.79 Å². The van der Waals surface area contributed by atoms with Crippen LogP contribution in [0.3, 0.4) is 0 Å². The molecule has 0 saturated heterocycles. The standard InChI is InChI=1S/C25H26N2O2S.HI/c1-2-26-20-8-5-6-18(20)19-16-17(10-12-21(19)26)11-13-24-27(15-14-25(28)29)22-7-3-4-9-23(22)30-24;/h3-4,7,9-13,16,18,20H,2,5-6,8,14-15H2,1H3;1H. The van der Waals surface area contributed by atoms with Gasteiger partial charge in [-0.25, -0.2) is 0 Å². The van der Waals surface area contributed by atoms with E-state index >= 15 is 0 Å². The Morgan fingerprint density at radius 2 is 2.06 bits per heavy atom. The number of anilines is 1. The predicted octanol–water partition coefficient (Wildman–Crippen LogP) is 2.31. The van der Waals surface area contributed by atoms with E-state index in [0.717, 1.165) is 17.1 Å². The zero-order valence-electron chi connectivity index (χ0n) is 17.6. The number of nitrogens with zero attached hydrogens (tertiary/aromatic N) is 2. The van der Waals surface area contributed by atoms with Crippen LogP contribution >= 0.6 is 11.3 Å². The van der Waals surface area contributed by atoms with E-state index in [-0.39, 0.29) is 30.4 Å². The molecule has 1 N–H and O–H groups in total. The second kappa shape index (κ2) is 9.28. The number of carboxylic acid groups (broad SMARTS) is 1. The van der Waals surface area contributed by atoms with E-state index < -0.39 is 5.97 Å². The van der Waals surface area contributed by atoms with Gasteiger partial charge in [0, 0.05) is 36.3 Å². The van der Waals surface area contributed by atoms with Gasteiger partial charge in [-0.05, 0) is 55.2 Å². The van der Waals surface area contributed by atoms with Crippen LogP contribution in [-0.4, -0.2) is 23.7 Å². The second-order valence-electron chi connectivity index (χ2n) is 8.25. The lowest BCUT2D eigenvalue weighted by Crippen LogP contribution is -3.00. The van der Waals surface area contributed by atoms with Crippen molar-refractivity contribution in [1.82, 2.24) is 0 Å². The summed E-state index contributed by atoms with van der Waals surface area (Å²) in [6, 6.07) is 15.8. The highest BCUT2D eigenvalue weighted by Gasteiger charge is 2.40. The van der Waals surface area contributed by atoms with Crippen molar-refractivity contribution in [2.24, 2.45) is 0 Å². The zero-order valence-corrected chi connectivity index (χ0v) is 20.6. The molecule has 2 aromatic carbocycles. The first-order valence-corrected chi connectivity index (χ1v) is 11.7. The molecule has 0 radical (unpaired) electrons. The summed E-state index contributed by atoms with van der Waals surface area (Å²) in [6.45, 7) is 3.82. The van der Waals surface area contributed by atoms with E-state index in [1.165, 1.54) is 40.8 Å². The number of halogens is 1. The van der Waals surface area contributed by atoms with Crippen LogP contribution in [0.1, 0.15) is 54.7 Å². The number of aliphatic carboxylic acids is 1. The summed E-state index contributed by atoms with van der Waals surface area (Å²) in [7, 11) is 0. The van der Waals surface area contributed by atoms with Crippen molar-refractivity contribution in [3.05, 3.63) is 58.6 Å². The van der Waals surface area contributed by atoms with Gasteiger partial charge in [0.15, 0.2) is 6.54 Å². The third-order valence-electron chi connectivity index (χ3n) is 6.59. The molecule has 6 heteroatoms. The van der Waals surface area contributed by atoms with Crippen LogP contribution in [-0.2, 0) is 11.3 Å². The maximum atomic E-state index is 11.1. The Kier molecular flexibility index (Phi) is 6.67. The fourth-order valence-corrected chi connectivity index (χ4v) is 6.37. The SMILES string of the molecule is CCN1c2ccc(/C=C/c3sc4ccccc4[n+]3CCC(=O)O)cc2C2CCCC21.[I-]. The first-order valence-electron chi connectivity index (χ1n) is 10.9. The monoisotopic (exact) mass is 546 g/mol. The Bertz CT molecular complexity index is 1140. The number of hydrogen-bond acceptors (Lipinski definition) is 3. The Labute approximate surface area is 204 Å². The number of thiazole rings is 1. The smallest absolute Gasteiger partial charge is 0.309 e. The quantitative estimate of drug-likeness (QED) is 0.382. The minimum Gasteiger partial charge on any atom is -1.00 e. The molecule has 5 rings (SSSR count). The van der Waals surface area contributed by atoms with E-state index in [4.69, 9.17) is 5.11 Å². The van der Waals surface area contributed by atoms with Gasteiger partial charge >= 0.3 is 5.97 Å². The van der Waals surface area contributed by atoms with Crippen LogP contribution in [0.4, 0.5) is 5.69 Å². The Morgan fingerprint density at radius 3 is 2.87 bits per heavy atom. The molecule has 2 unspecified atom stereocenters. The Morgan fingerprint density at radius 1 is 1.23 bits per heavy atom. The molecule has 4 nitrogen and oxygen atoms in total. The number of benzene rings is 2. The van der Waals surface area contributed by atoms with Gasteiger partial charge in [-0.15, -0.1) is 0 Å².